The fourth-order valence-corrected chi connectivity index (χ4v) is 3.28. The van der Waals surface area contributed by atoms with E-state index in [4.69, 9.17) is 4.74 Å². The number of likely N-dealkylation sites (tertiary alicyclic amines) is 1. The van der Waals surface area contributed by atoms with Crippen molar-refractivity contribution < 1.29 is 9.53 Å². The quantitative estimate of drug-likeness (QED) is 0.864. The third-order valence-corrected chi connectivity index (χ3v) is 4.42. The van der Waals surface area contributed by atoms with Crippen LogP contribution >= 0.6 is 0 Å². The molecule has 0 spiro atoms. The topological polar surface area (TPSA) is 41.6 Å². The van der Waals surface area contributed by atoms with Gasteiger partial charge in [0.15, 0.2) is 0 Å². The summed E-state index contributed by atoms with van der Waals surface area (Å²) in [6, 6.07) is 1.11. The number of ether oxygens (including phenoxy) is 1. The Bertz CT molecular complexity index is 332. The lowest BCUT2D eigenvalue weighted by Crippen LogP contribution is -2.63. The maximum Gasteiger partial charge on any atom is 0.410 e. The zero-order valence-corrected chi connectivity index (χ0v) is 13.4. The average Bonchev–Trinajstić information content (AvgIpc) is 2.31. The summed E-state index contributed by atoms with van der Waals surface area (Å²) < 4.78 is 5.38. The number of hydrogen-bond donors (Lipinski definition) is 1. The Labute approximate surface area is 123 Å². The zero-order valence-electron chi connectivity index (χ0n) is 13.4. The van der Waals surface area contributed by atoms with Gasteiger partial charge in [0.25, 0.3) is 0 Å². The molecule has 4 nitrogen and oxygen atoms in total. The van der Waals surface area contributed by atoms with Gasteiger partial charge in [-0.25, -0.2) is 4.79 Å². The molecule has 2 fully saturated rings. The van der Waals surface area contributed by atoms with E-state index in [2.05, 4.69) is 12.2 Å². The van der Waals surface area contributed by atoms with Crippen LogP contribution in [-0.4, -0.2) is 41.8 Å². The molecule has 1 amide bonds. The Balaban J connectivity index is 1.72. The molecule has 2 aliphatic rings. The minimum absolute atomic E-state index is 0.175. The molecule has 0 aromatic rings. The van der Waals surface area contributed by atoms with Crippen molar-refractivity contribution in [1.29, 1.82) is 0 Å². The van der Waals surface area contributed by atoms with E-state index in [-0.39, 0.29) is 6.09 Å². The lowest BCUT2D eigenvalue weighted by atomic mass is 9.82. The molecule has 1 saturated heterocycles. The number of carbonyl (C=O) groups is 1. The Morgan fingerprint density at radius 2 is 1.90 bits per heavy atom. The summed E-state index contributed by atoms with van der Waals surface area (Å²) in [5.74, 6) is 0.819. The van der Waals surface area contributed by atoms with E-state index < -0.39 is 5.60 Å². The SMILES string of the molecule is CCC1CCCCC1NC1CN(C(=O)OC(C)(C)C)C1. The van der Waals surface area contributed by atoms with Gasteiger partial charge in [0, 0.05) is 25.2 Å². The molecule has 116 valence electrons. The number of carbonyl (C=O) groups excluding carboxylic acids is 1. The van der Waals surface area contributed by atoms with Crippen molar-refractivity contribution in [1.82, 2.24) is 10.2 Å². The fraction of sp³-hybridized carbons (Fsp3) is 0.938. The van der Waals surface area contributed by atoms with Gasteiger partial charge in [-0.1, -0.05) is 26.2 Å². The molecular formula is C16H30N2O2. The largest absolute Gasteiger partial charge is 0.444 e. The molecule has 0 bridgehead atoms. The van der Waals surface area contributed by atoms with Crippen LogP contribution in [0.1, 0.15) is 59.8 Å². The van der Waals surface area contributed by atoms with Crippen molar-refractivity contribution in [3.63, 3.8) is 0 Å². The van der Waals surface area contributed by atoms with Crippen molar-refractivity contribution >= 4 is 6.09 Å². The molecular weight excluding hydrogens is 252 g/mol. The van der Waals surface area contributed by atoms with E-state index in [1.807, 2.05) is 20.8 Å². The van der Waals surface area contributed by atoms with Gasteiger partial charge >= 0.3 is 6.09 Å². The van der Waals surface area contributed by atoms with E-state index in [0.29, 0.717) is 12.1 Å². The molecule has 4 heteroatoms. The Hall–Kier alpha value is -0.770. The van der Waals surface area contributed by atoms with Crippen molar-refractivity contribution in [2.24, 2.45) is 5.92 Å². The van der Waals surface area contributed by atoms with Crippen LogP contribution in [0.15, 0.2) is 0 Å². The van der Waals surface area contributed by atoms with Crippen LogP contribution in [0.25, 0.3) is 0 Å². The van der Waals surface area contributed by atoms with Gasteiger partial charge in [0.1, 0.15) is 5.60 Å². The van der Waals surface area contributed by atoms with Gasteiger partial charge in [-0.2, -0.15) is 0 Å². The molecule has 1 aliphatic carbocycles. The first-order valence-electron chi connectivity index (χ1n) is 8.13. The Morgan fingerprint density at radius 3 is 2.50 bits per heavy atom. The predicted molar refractivity (Wildman–Crippen MR) is 80.8 cm³/mol. The third-order valence-electron chi connectivity index (χ3n) is 4.42. The first-order valence-corrected chi connectivity index (χ1v) is 8.13. The lowest BCUT2D eigenvalue weighted by molar-refractivity contribution is 0.00254. The molecule has 1 N–H and O–H groups in total. The highest BCUT2D eigenvalue weighted by molar-refractivity contribution is 5.69. The van der Waals surface area contributed by atoms with Crippen LogP contribution in [0.5, 0.6) is 0 Å². The monoisotopic (exact) mass is 282 g/mol. The number of hydrogen-bond acceptors (Lipinski definition) is 3. The lowest BCUT2D eigenvalue weighted by Gasteiger charge is -2.44. The molecule has 0 aromatic heterocycles. The number of rotatable bonds is 3. The van der Waals surface area contributed by atoms with E-state index in [1.165, 1.54) is 32.1 Å². The second-order valence-electron chi connectivity index (χ2n) is 7.31. The highest BCUT2D eigenvalue weighted by Gasteiger charge is 2.36. The first kappa shape index (κ1) is 15.6. The zero-order chi connectivity index (χ0) is 14.8. The van der Waals surface area contributed by atoms with Crippen LogP contribution in [0.2, 0.25) is 0 Å². The number of amides is 1. The molecule has 2 unspecified atom stereocenters. The highest BCUT2D eigenvalue weighted by Crippen LogP contribution is 2.28. The molecule has 1 aliphatic heterocycles. The van der Waals surface area contributed by atoms with Crippen molar-refractivity contribution in [2.45, 2.75) is 77.5 Å². The van der Waals surface area contributed by atoms with E-state index in [0.717, 1.165) is 19.0 Å². The number of nitrogens with zero attached hydrogens (tertiary/aromatic N) is 1. The van der Waals surface area contributed by atoms with Crippen LogP contribution in [0, 0.1) is 5.92 Å². The number of nitrogens with one attached hydrogen (secondary N) is 1. The highest BCUT2D eigenvalue weighted by atomic mass is 16.6. The summed E-state index contributed by atoms with van der Waals surface area (Å²) in [4.78, 5) is 13.7. The molecule has 0 radical (unpaired) electrons. The van der Waals surface area contributed by atoms with Crippen LogP contribution in [0.4, 0.5) is 4.79 Å². The summed E-state index contributed by atoms with van der Waals surface area (Å²) in [7, 11) is 0. The van der Waals surface area contributed by atoms with Crippen molar-refractivity contribution in [3.8, 4) is 0 Å². The van der Waals surface area contributed by atoms with Crippen molar-refractivity contribution in [2.75, 3.05) is 13.1 Å². The molecule has 20 heavy (non-hydrogen) atoms. The summed E-state index contributed by atoms with van der Waals surface area (Å²) in [6.07, 6.45) is 6.46. The molecule has 2 rings (SSSR count). The molecule has 0 aromatic carbocycles. The Morgan fingerprint density at radius 1 is 1.25 bits per heavy atom. The minimum Gasteiger partial charge on any atom is -0.444 e. The maximum absolute atomic E-state index is 11.9. The molecule has 1 heterocycles. The van der Waals surface area contributed by atoms with Gasteiger partial charge in [0.2, 0.25) is 0 Å². The van der Waals surface area contributed by atoms with Crippen LogP contribution in [0.3, 0.4) is 0 Å². The smallest absolute Gasteiger partial charge is 0.410 e. The normalized spacial score (nSPS) is 28.1. The van der Waals surface area contributed by atoms with E-state index in [1.54, 1.807) is 4.90 Å². The van der Waals surface area contributed by atoms with Gasteiger partial charge < -0.3 is 15.0 Å². The summed E-state index contributed by atoms with van der Waals surface area (Å²) in [6.45, 7) is 9.61. The van der Waals surface area contributed by atoms with Crippen LogP contribution in [-0.2, 0) is 4.74 Å². The second-order valence-corrected chi connectivity index (χ2v) is 7.31. The Kier molecular flexibility index (Phi) is 4.95. The molecule has 1 saturated carbocycles. The summed E-state index contributed by atoms with van der Waals surface area (Å²) in [5, 5.41) is 3.75. The van der Waals surface area contributed by atoms with Gasteiger partial charge in [-0.3, -0.25) is 0 Å². The summed E-state index contributed by atoms with van der Waals surface area (Å²) in [5.41, 5.74) is -0.397. The van der Waals surface area contributed by atoms with Crippen molar-refractivity contribution in [3.05, 3.63) is 0 Å². The average molecular weight is 282 g/mol. The summed E-state index contributed by atoms with van der Waals surface area (Å²) >= 11 is 0. The first-order chi connectivity index (χ1) is 9.39. The van der Waals surface area contributed by atoms with E-state index >= 15 is 0 Å². The second kappa shape index (κ2) is 6.33. The maximum atomic E-state index is 11.9. The molecule has 2 atom stereocenters. The van der Waals surface area contributed by atoms with E-state index in [9.17, 15) is 4.79 Å². The van der Waals surface area contributed by atoms with Gasteiger partial charge in [-0.05, 0) is 39.5 Å². The minimum atomic E-state index is -0.397. The third kappa shape index (κ3) is 4.11. The van der Waals surface area contributed by atoms with Crippen LogP contribution < -0.4 is 5.32 Å². The fourth-order valence-electron chi connectivity index (χ4n) is 3.28. The van der Waals surface area contributed by atoms with Gasteiger partial charge in [-0.15, -0.1) is 0 Å². The standard InChI is InChI=1S/C16H30N2O2/c1-5-12-8-6-7-9-14(12)17-13-10-18(11-13)15(19)20-16(2,3)4/h12-14,17H,5-11H2,1-4H3. The predicted octanol–water partition coefficient (Wildman–Crippen LogP) is 3.16. The van der Waals surface area contributed by atoms with Gasteiger partial charge in [0.05, 0.1) is 0 Å².